The van der Waals surface area contributed by atoms with Crippen LogP contribution in [0.2, 0.25) is 0 Å². The van der Waals surface area contributed by atoms with Crippen molar-refractivity contribution in [2.75, 3.05) is 25.0 Å². The monoisotopic (exact) mass is 277 g/mol. The van der Waals surface area contributed by atoms with Gasteiger partial charge in [-0.25, -0.2) is 0 Å². The highest BCUT2D eigenvalue weighted by molar-refractivity contribution is 5.48. The molecule has 1 aliphatic heterocycles. The molecule has 2 rings (SSSR count). The maximum atomic E-state index is 10.6. The third kappa shape index (κ3) is 3.93. The molecule has 20 heavy (non-hydrogen) atoms. The number of rotatable bonds is 6. The van der Waals surface area contributed by atoms with Crippen molar-refractivity contribution in [3.05, 3.63) is 34.4 Å². The summed E-state index contributed by atoms with van der Waals surface area (Å²) in [5.41, 5.74) is 1.09. The van der Waals surface area contributed by atoms with Gasteiger partial charge in [0.25, 0.3) is 5.69 Å². The quantitative estimate of drug-likeness (QED) is 0.641. The fourth-order valence-corrected chi connectivity index (χ4v) is 2.77. The Hall–Kier alpha value is -1.62. The summed E-state index contributed by atoms with van der Waals surface area (Å²) in [4.78, 5) is 12.8. The number of anilines is 1. The number of hydrogen-bond acceptors (Lipinski definition) is 4. The molecule has 0 aliphatic carbocycles. The topological polar surface area (TPSA) is 58.4 Å². The van der Waals surface area contributed by atoms with Crippen LogP contribution >= 0.6 is 0 Å². The molecule has 1 aromatic carbocycles. The smallest absolute Gasteiger partial charge is 0.269 e. The van der Waals surface area contributed by atoms with Crippen LogP contribution in [0.5, 0.6) is 0 Å². The second-order valence-corrected chi connectivity index (χ2v) is 5.87. The van der Waals surface area contributed by atoms with Gasteiger partial charge in [-0.3, -0.25) is 15.0 Å². The average Bonchev–Trinajstić information content (AvgIpc) is 2.83. The fourth-order valence-electron chi connectivity index (χ4n) is 2.77. The van der Waals surface area contributed by atoms with Gasteiger partial charge in [0.05, 0.1) is 4.92 Å². The van der Waals surface area contributed by atoms with E-state index in [4.69, 9.17) is 0 Å². The molecule has 1 aliphatic rings. The van der Waals surface area contributed by atoms with Gasteiger partial charge in [-0.1, -0.05) is 13.8 Å². The minimum absolute atomic E-state index is 0.137. The van der Waals surface area contributed by atoms with Crippen LogP contribution in [-0.2, 0) is 0 Å². The molecule has 1 fully saturated rings. The Morgan fingerprint density at radius 1 is 1.40 bits per heavy atom. The molecule has 1 saturated heterocycles. The van der Waals surface area contributed by atoms with E-state index in [0.29, 0.717) is 12.0 Å². The maximum Gasteiger partial charge on any atom is 0.269 e. The molecule has 0 amide bonds. The molecule has 0 aromatic heterocycles. The first-order chi connectivity index (χ1) is 9.56. The lowest BCUT2D eigenvalue weighted by Gasteiger charge is -2.26. The largest absolute Gasteiger partial charge is 0.383 e. The number of benzene rings is 1. The van der Waals surface area contributed by atoms with Gasteiger partial charge in [-0.05, 0) is 37.4 Å². The Morgan fingerprint density at radius 3 is 2.70 bits per heavy atom. The van der Waals surface area contributed by atoms with Gasteiger partial charge in [0.2, 0.25) is 0 Å². The van der Waals surface area contributed by atoms with E-state index in [1.165, 1.54) is 19.4 Å². The van der Waals surface area contributed by atoms with Gasteiger partial charge in [0.15, 0.2) is 0 Å². The first-order valence-corrected chi connectivity index (χ1v) is 7.28. The molecular weight excluding hydrogens is 254 g/mol. The van der Waals surface area contributed by atoms with Crippen LogP contribution in [0, 0.1) is 16.0 Å². The summed E-state index contributed by atoms with van der Waals surface area (Å²) in [5, 5.41) is 14.0. The third-order valence-electron chi connectivity index (χ3n) is 3.72. The normalized spacial score (nSPS) is 19.4. The van der Waals surface area contributed by atoms with Gasteiger partial charge < -0.3 is 5.32 Å². The summed E-state index contributed by atoms with van der Waals surface area (Å²) in [5.74, 6) is 0.690. The van der Waals surface area contributed by atoms with Gasteiger partial charge in [0.1, 0.15) is 0 Å². The zero-order chi connectivity index (χ0) is 14.5. The molecule has 1 N–H and O–H groups in total. The molecule has 0 radical (unpaired) electrons. The molecule has 0 saturated carbocycles. The van der Waals surface area contributed by atoms with E-state index >= 15 is 0 Å². The summed E-state index contributed by atoms with van der Waals surface area (Å²) in [6.07, 6.45) is 2.49. The first kappa shape index (κ1) is 14.8. The van der Waals surface area contributed by atoms with Crippen LogP contribution < -0.4 is 5.32 Å². The van der Waals surface area contributed by atoms with Gasteiger partial charge >= 0.3 is 0 Å². The molecular formula is C15H23N3O2. The predicted octanol–water partition coefficient (Wildman–Crippen LogP) is 3.13. The van der Waals surface area contributed by atoms with Crippen LogP contribution in [0.25, 0.3) is 0 Å². The summed E-state index contributed by atoms with van der Waals surface area (Å²) in [6.45, 7) is 7.74. The van der Waals surface area contributed by atoms with Crippen molar-refractivity contribution < 1.29 is 4.92 Å². The van der Waals surface area contributed by atoms with E-state index in [0.717, 1.165) is 18.8 Å². The maximum absolute atomic E-state index is 10.6. The lowest BCUT2D eigenvalue weighted by atomic mass is 10.1. The SMILES string of the molecule is CC(C)CN1CCC[C@@H]1CNc1ccc([N+](=O)[O-])cc1. The molecule has 1 atom stereocenters. The van der Waals surface area contributed by atoms with E-state index < -0.39 is 0 Å². The second-order valence-electron chi connectivity index (χ2n) is 5.87. The zero-order valence-electron chi connectivity index (χ0n) is 12.2. The van der Waals surface area contributed by atoms with E-state index in [1.54, 1.807) is 24.3 Å². The lowest BCUT2D eigenvalue weighted by Crippen LogP contribution is -2.37. The van der Waals surface area contributed by atoms with Crippen LogP contribution in [0.1, 0.15) is 26.7 Å². The molecule has 5 heteroatoms. The molecule has 1 aromatic rings. The van der Waals surface area contributed by atoms with E-state index in [1.807, 2.05) is 0 Å². The van der Waals surface area contributed by atoms with Crippen molar-refractivity contribution in [2.45, 2.75) is 32.7 Å². The van der Waals surface area contributed by atoms with Gasteiger partial charge in [0, 0.05) is 37.0 Å². The van der Waals surface area contributed by atoms with Crippen LogP contribution in [-0.4, -0.2) is 35.5 Å². The Bertz CT molecular complexity index is 445. The number of likely N-dealkylation sites (tertiary alicyclic amines) is 1. The highest BCUT2D eigenvalue weighted by Gasteiger charge is 2.24. The van der Waals surface area contributed by atoms with E-state index in [2.05, 4.69) is 24.1 Å². The lowest BCUT2D eigenvalue weighted by molar-refractivity contribution is -0.384. The van der Waals surface area contributed by atoms with Crippen LogP contribution in [0.15, 0.2) is 24.3 Å². The first-order valence-electron chi connectivity index (χ1n) is 7.28. The molecule has 0 unspecified atom stereocenters. The van der Waals surface area contributed by atoms with Gasteiger partial charge in [-0.15, -0.1) is 0 Å². The molecule has 0 bridgehead atoms. The standard InChI is InChI=1S/C15H23N3O2/c1-12(2)11-17-9-3-4-15(17)10-16-13-5-7-14(8-6-13)18(19)20/h5-8,12,15-16H,3-4,9-11H2,1-2H3/t15-/m1/s1. The Labute approximate surface area is 120 Å². The summed E-state index contributed by atoms with van der Waals surface area (Å²) >= 11 is 0. The minimum Gasteiger partial charge on any atom is -0.383 e. The Kier molecular flexibility index (Phi) is 4.95. The summed E-state index contributed by atoms with van der Waals surface area (Å²) in [7, 11) is 0. The average molecular weight is 277 g/mol. The fraction of sp³-hybridized carbons (Fsp3) is 0.600. The van der Waals surface area contributed by atoms with Crippen molar-refractivity contribution in [2.24, 2.45) is 5.92 Å². The number of nitrogens with zero attached hydrogens (tertiary/aromatic N) is 2. The van der Waals surface area contributed by atoms with Crippen LogP contribution in [0.4, 0.5) is 11.4 Å². The zero-order valence-corrected chi connectivity index (χ0v) is 12.2. The van der Waals surface area contributed by atoms with Crippen molar-refractivity contribution >= 4 is 11.4 Å². The van der Waals surface area contributed by atoms with Crippen molar-refractivity contribution in [3.8, 4) is 0 Å². The minimum atomic E-state index is -0.370. The van der Waals surface area contributed by atoms with Gasteiger partial charge in [-0.2, -0.15) is 0 Å². The Balaban J connectivity index is 1.86. The molecule has 5 nitrogen and oxygen atoms in total. The molecule has 1 heterocycles. The summed E-state index contributed by atoms with van der Waals surface area (Å²) < 4.78 is 0. The molecule has 110 valence electrons. The molecule has 0 spiro atoms. The van der Waals surface area contributed by atoms with Crippen molar-refractivity contribution in [3.63, 3.8) is 0 Å². The predicted molar refractivity (Wildman–Crippen MR) is 81.0 cm³/mol. The van der Waals surface area contributed by atoms with Crippen molar-refractivity contribution in [1.29, 1.82) is 0 Å². The third-order valence-corrected chi connectivity index (χ3v) is 3.72. The van der Waals surface area contributed by atoms with Crippen LogP contribution in [0.3, 0.4) is 0 Å². The second kappa shape index (κ2) is 6.70. The number of nitro groups is 1. The number of nitrogens with one attached hydrogen (secondary N) is 1. The Morgan fingerprint density at radius 2 is 2.10 bits per heavy atom. The highest BCUT2D eigenvalue weighted by atomic mass is 16.6. The van der Waals surface area contributed by atoms with E-state index in [-0.39, 0.29) is 10.6 Å². The van der Waals surface area contributed by atoms with Crippen molar-refractivity contribution in [1.82, 2.24) is 4.90 Å². The highest BCUT2D eigenvalue weighted by Crippen LogP contribution is 2.20. The summed E-state index contributed by atoms with van der Waals surface area (Å²) in [6, 6.07) is 7.22. The number of nitro benzene ring substituents is 1. The number of non-ortho nitro benzene ring substituents is 1. The number of hydrogen-bond donors (Lipinski definition) is 1. The van der Waals surface area contributed by atoms with E-state index in [9.17, 15) is 10.1 Å².